The van der Waals surface area contributed by atoms with Gasteiger partial charge in [0.1, 0.15) is 5.82 Å². The topological polar surface area (TPSA) is 69.1 Å². The molecule has 7 heteroatoms. The van der Waals surface area contributed by atoms with Gasteiger partial charge in [0.2, 0.25) is 5.91 Å². The monoisotopic (exact) mass is 282 g/mol. The van der Waals surface area contributed by atoms with Gasteiger partial charge < -0.3 is 4.90 Å². The fourth-order valence-corrected chi connectivity index (χ4v) is 2.39. The molecule has 2 rings (SSSR count). The van der Waals surface area contributed by atoms with Crippen molar-refractivity contribution in [3.8, 4) is 0 Å². The first kappa shape index (κ1) is 13.6. The minimum atomic E-state index is -0.397. The molecule has 0 saturated carbocycles. The maximum atomic E-state index is 13.3. The average Bonchev–Trinajstić information content (AvgIpc) is 2.72. The maximum Gasteiger partial charge on any atom is 0.227 e. The van der Waals surface area contributed by atoms with Gasteiger partial charge in [-0.3, -0.25) is 4.79 Å². The number of carbonyl (C=O) groups excluding carboxylic acids is 1. The SMILES string of the molecule is Cc1cc(N2CC(CN=[N+]=[N-])CC2=O)c(Cl)cc1F. The smallest absolute Gasteiger partial charge is 0.227 e. The standard InChI is InChI=1S/C12H12ClFN4O/c1-7-2-11(9(13)4-10(7)14)18-6-8(3-12(18)19)5-16-17-15/h2,4,8H,3,5-6H2,1H3. The highest BCUT2D eigenvalue weighted by Gasteiger charge is 2.31. The molecule has 0 aliphatic carbocycles. The summed E-state index contributed by atoms with van der Waals surface area (Å²) in [7, 11) is 0. The second-order valence-corrected chi connectivity index (χ2v) is 4.95. The molecule has 100 valence electrons. The summed E-state index contributed by atoms with van der Waals surface area (Å²) in [6, 6.07) is 2.77. The molecular formula is C12H12ClFN4O. The second kappa shape index (κ2) is 5.47. The van der Waals surface area contributed by atoms with Crippen molar-refractivity contribution < 1.29 is 9.18 Å². The van der Waals surface area contributed by atoms with Crippen LogP contribution in [0.2, 0.25) is 5.02 Å². The molecule has 0 aromatic heterocycles. The minimum absolute atomic E-state index is 0.0233. The van der Waals surface area contributed by atoms with Crippen LogP contribution in [0.15, 0.2) is 17.2 Å². The van der Waals surface area contributed by atoms with Crippen LogP contribution in [0.3, 0.4) is 0 Å². The molecule has 1 heterocycles. The average molecular weight is 283 g/mol. The molecule has 1 atom stereocenters. The van der Waals surface area contributed by atoms with Crippen LogP contribution in [-0.2, 0) is 4.79 Å². The van der Waals surface area contributed by atoms with E-state index in [0.717, 1.165) is 0 Å². The van der Waals surface area contributed by atoms with E-state index < -0.39 is 5.82 Å². The number of carbonyl (C=O) groups is 1. The van der Waals surface area contributed by atoms with Gasteiger partial charge in [-0.15, -0.1) is 0 Å². The number of hydrogen-bond donors (Lipinski definition) is 0. The molecular weight excluding hydrogens is 271 g/mol. The normalized spacial score (nSPS) is 18.6. The fourth-order valence-electron chi connectivity index (χ4n) is 2.14. The van der Waals surface area contributed by atoms with Crippen molar-refractivity contribution in [2.45, 2.75) is 13.3 Å². The number of halogens is 2. The highest BCUT2D eigenvalue weighted by Crippen LogP contribution is 2.33. The second-order valence-electron chi connectivity index (χ2n) is 4.54. The molecule has 0 radical (unpaired) electrons. The van der Waals surface area contributed by atoms with Gasteiger partial charge in [-0.05, 0) is 36.1 Å². The minimum Gasteiger partial charge on any atom is -0.311 e. The summed E-state index contributed by atoms with van der Waals surface area (Å²) in [5.41, 5.74) is 9.23. The zero-order chi connectivity index (χ0) is 14.0. The Balaban J connectivity index is 2.25. The van der Waals surface area contributed by atoms with E-state index in [1.165, 1.54) is 11.0 Å². The maximum absolute atomic E-state index is 13.3. The van der Waals surface area contributed by atoms with Gasteiger partial charge in [0, 0.05) is 24.4 Å². The Morgan fingerprint density at radius 1 is 1.63 bits per heavy atom. The first-order valence-electron chi connectivity index (χ1n) is 5.79. The third-order valence-electron chi connectivity index (χ3n) is 3.13. The van der Waals surface area contributed by atoms with Crippen LogP contribution < -0.4 is 4.90 Å². The van der Waals surface area contributed by atoms with E-state index >= 15 is 0 Å². The molecule has 1 aliphatic rings. The molecule has 1 fully saturated rings. The number of hydrogen-bond acceptors (Lipinski definition) is 2. The molecule has 0 spiro atoms. The lowest BCUT2D eigenvalue weighted by atomic mass is 10.1. The predicted octanol–water partition coefficient (Wildman–Crippen LogP) is 3.45. The quantitative estimate of drug-likeness (QED) is 0.475. The van der Waals surface area contributed by atoms with E-state index in [2.05, 4.69) is 10.0 Å². The number of nitrogens with zero attached hydrogens (tertiary/aromatic N) is 4. The Kier molecular flexibility index (Phi) is 3.93. The summed E-state index contributed by atoms with van der Waals surface area (Å²) in [5.74, 6) is -0.512. The van der Waals surface area contributed by atoms with E-state index in [0.29, 0.717) is 24.2 Å². The first-order valence-corrected chi connectivity index (χ1v) is 6.17. The lowest BCUT2D eigenvalue weighted by Gasteiger charge is -2.19. The number of rotatable bonds is 3. The van der Waals surface area contributed by atoms with Crippen LogP contribution >= 0.6 is 11.6 Å². The van der Waals surface area contributed by atoms with Gasteiger partial charge in [-0.1, -0.05) is 16.7 Å². The van der Waals surface area contributed by atoms with Crippen LogP contribution in [0.4, 0.5) is 10.1 Å². The van der Waals surface area contributed by atoms with E-state index in [1.54, 1.807) is 13.0 Å². The molecule has 0 N–H and O–H groups in total. The van der Waals surface area contributed by atoms with Crippen molar-refractivity contribution in [1.82, 2.24) is 0 Å². The zero-order valence-corrected chi connectivity index (χ0v) is 11.1. The van der Waals surface area contributed by atoms with Crippen molar-refractivity contribution in [3.63, 3.8) is 0 Å². The van der Waals surface area contributed by atoms with E-state index in [4.69, 9.17) is 17.1 Å². The summed E-state index contributed by atoms with van der Waals surface area (Å²) in [6.45, 7) is 2.33. The third-order valence-corrected chi connectivity index (χ3v) is 3.43. The molecule has 0 bridgehead atoms. The van der Waals surface area contributed by atoms with E-state index in [1.807, 2.05) is 0 Å². The van der Waals surface area contributed by atoms with Crippen molar-refractivity contribution in [3.05, 3.63) is 39.0 Å². The third kappa shape index (κ3) is 2.80. The number of aryl methyl sites for hydroxylation is 1. The fraction of sp³-hybridized carbons (Fsp3) is 0.417. The van der Waals surface area contributed by atoms with Gasteiger partial charge >= 0.3 is 0 Å². The highest BCUT2D eigenvalue weighted by molar-refractivity contribution is 6.33. The molecule has 1 aromatic carbocycles. The molecule has 1 aromatic rings. The van der Waals surface area contributed by atoms with Crippen LogP contribution in [0.25, 0.3) is 10.4 Å². The first-order chi connectivity index (χ1) is 9.02. The molecule has 1 amide bonds. The molecule has 5 nitrogen and oxygen atoms in total. The van der Waals surface area contributed by atoms with E-state index in [-0.39, 0.29) is 23.4 Å². The van der Waals surface area contributed by atoms with Crippen LogP contribution in [0, 0.1) is 18.7 Å². The number of anilines is 1. The largest absolute Gasteiger partial charge is 0.311 e. The predicted molar refractivity (Wildman–Crippen MR) is 70.6 cm³/mol. The highest BCUT2D eigenvalue weighted by atomic mass is 35.5. The van der Waals surface area contributed by atoms with Crippen LogP contribution in [-0.4, -0.2) is 19.0 Å². The summed E-state index contributed by atoms with van der Waals surface area (Å²) in [4.78, 5) is 16.1. The lowest BCUT2D eigenvalue weighted by Crippen LogP contribution is -2.25. The molecule has 19 heavy (non-hydrogen) atoms. The molecule has 1 aliphatic heterocycles. The summed E-state index contributed by atoms with van der Waals surface area (Å²) in [5, 5.41) is 3.69. The number of amides is 1. The van der Waals surface area contributed by atoms with Crippen LogP contribution in [0.1, 0.15) is 12.0 Å². The summed E-state index contributed by atoms with van der Waals surface area (Å²) < 4.78 is 13.3. The van der Waals surface area contributed by atoms with E-state index in [9.17, 15) is 9.18 Å². The molecule has 1 unspecified atom stereocenters. The summed E-state index contributed by atoms with van der Waals surface area (Å²) in [6.07, 6.45) is 0.311. The van der Waals surface area contributed by atoms with Gasteiger partial charge in [-0.25, -0.2) is 4.39 Å². The number of benzene rings is 1. The Hall–Kier alpha value is -1.78. The van der Waals surface area contributed by atoms with Gasteiger partial charge in [-0.2, -0.15) is 0 Å². The zero-order valence-electron chi connectivity index (χ0n) is 10.3. The molecule has 1 saturated heterocycles. The Bertz CT molecular complexity index is 571. The van der Waals surface area contributed by atoms with Gasteiger partial charge in [0.05, 0.1) is 10.7 Å². The van der Waals surface area contributed by atoms with Gasteiger partial charge in [0.15, 0.2) is 0 Å². The van der Waals surface area contributed by atoms with Crippen molar-refractivity contribution in [1.29, 1.82) is 0 Å². The Morgan fingerprint density at radius 3 is 3.05 bits per heavy atom. The van der Waals surface area contributed by atoms with Gasteiger partial charge in [0.25, 0.3) is 0 Å². The van der Waals surface area contributed by atoms with Crippen molar-refractivity contribution >= 4 is 23.2 Å². The van der Waals surface area contributed by atoms with Crippen LogP contribution in [0.5, 0.6) is 0 Å². The van der Waals surface area contributed by atoms with Crippen molar-refractivity contribution in [2.75, 3.05) is 18.0 Å². The summed E-state index contributed by atoms with van der Waals surface area (Å²) >= 11 is 5.98. The number of azide groups is 1. The Morgan fingerprint density at radius 2 is 2.37 bits per heavy atom. The Labute approximate surface area is 114 Å². The lowest BCUT2D eigenvalue weighted by molar-refractivity contribution is -0.117. The van der Waals surface area contributed by atoms with Crippen molar-refractivity contribution in [2.24, 2.45) is 11.0 Å².